The topological polar surface area (TPSA) is 66.0 Å². The smallest absolute Gasteiger partial charge is 0.227 e. The molecule has 8 nitrogen and oxygen atoms in total. The highest BCUT2D eigenvalue weighted by Gasteiger charge is 2.28. The highest BCUT2D eigenvalue weighted by Crippen LogP contribution is 2.42. The van der Waals surface area contributed by atoms with E-state index in [-0.39, 0.29) is 30.2 Å². The molecule has 0 spiro atoms. The van der Waals surface area contributed by atoms with Crippen molar-refractivity contribution in [3.05, 3.63) is 60.4 Å². The van der Waals surface area contributed by atoms with Crippen LogP contribution in [0.5, 0.6) is 11.5 Å². The van der Waals surface area contributed by atoms with Crippen LogP contribution in [0.2, 0.25) is 0 Å². The van der Waals surface area contributed by atoms with Crippen molar-refractivity contribution in [3.8, 4) is 22.8 Å². The fourth-order valence-corrected chi connectivity index (χ4v) is 4.88. The first-order chi connectivity index (χ1) is 18.2. The van der Waals surface area contributed by atoms with Gasteiger partial charge in [0.15, 0.2) is 17.3 Å². The predicted octanol–water partition coefficient (Wildman–Crippen LogP) is 5.05. The second-order valence-electron chi connectivity index (χ2n) is 9.82. The molecule has 0 aliphatic carbocycles. The summed E-state index contributed by atoms with van der Waals surface area (Å²) in [4.78, 5) is 15.1. The molecular formula is C28H32F2N6O2. The SMILES string of the molecule is C=C1COc2c(F)cc(-c3nc(Nc4ccc(N5CCN(C)CC5)c(F)c4)ncc3OC)cc2N1C(C)C. The van der Waals surface area contributed by atoms with Gasteiger partial charge in [0.05, 0.1) is 24.7 Å². The number of hydrogen-bond acceptors (Lipinski definition) is 8. The van der Waals surface area contributed by atoms with Gasteiger partial charge in [0.2, 0.25) is 5.95 Å². The molecule has 1 N–H and O–H groups in total. The molecule has 1 saturated heterocycles. The highest BCUT2D eigenvalue weighted by atomic mass is 19.1. The van der Waals surface area contributed by atoms with E-state index in [1.807, 2.05) is 29.7 Å². The first kappa shape index (κ1) is 25.7. The van der Waals surface area contributed by atoms with Crippen molar-refractivity contribution in [1.82, 2.24) is 14.9 Å². The molecule has 200 valence electrons. The highest BCUT2D eigenvalue weighted by molar-refractivity contribution is 5.77. The predicted molar refractivity (Wildman–Crippen MR) is 146 cm³/mol. The summed E-state index contributed by atoms with van der Waals surface area (Å²) in [7, 11) is 3.56. The summed E-state index contributed by atoms with van der Waals surface area (Å²) in [6, 6.07) is 8.22. The summed E-state index contributed by atoms with van der Waals surface area (Å²) in [6.45, 7) is 11.6. The van der Waals surface area contributed by atoms with Crippen LogP contribution in [0.1, 0.15) is 13.8 Å². The van der Waals surface area contributed by atoms with Gasteiger partial charge < -0.3 is 29.5 Å². The summed E-state index contributed by atoms with van der Waals surface area (Å²) in [5.74, 6) is -0.0474. The van der Waals surface area contributed by atoms with E-state index >= 15 is 8.78 Å². The third-order valence-corrected chi connectivity index (χ3v) is 6.82. The van der Waals surface area contributed by atoms with Gasteiger partial charge in [-0.3, -0.25) is 0 Å². The Morgan fingerprint density at radius 3 is 2.50 bits per heavy atom. The molecule has 1 fully saturated rings. The number of fused-ring (bicyclic) bond motifs is 1. The Bertz CT molecular complexity index is 1360. The molecule has 0 saturated carbocycles. The third kappa shape index (κ3) is 4.96. The zero-order chi connectivity index (χ0) is 27.0. The Balaban J connectivity index is 1.46. The molecule has 3 aromatic rings. The van der Waals surface area contributed by atoms with Crippen molar-refractivity contribution in [2.75, 3.05) is 62.1 Å². The van der Waals surface area contributed by atoms with Gasteiger partial charge in [0.1, 0.15) is 18.1 Å². The van der Waals surface area contributed by atoms with E-state index in [4.69, 9.17) is 9.47 Å². The minimum Gasteiger partial charge on any atom is -0.493 e. The number of halogens is 2. The molecule has 0 atom stereocenters. The van der Waals surface area contributed by atoms with E-state index < -0.39 is 5.82 Å². The summed E-state index contributed by atoms with van der Waals surface area (Å²) in [6.07, 6.45) is 1.51. The van der Waals surface area contributed by atoms with E-state index in [9.17, 15) is 0 Å². The van der Waals surface area contributed by atoms with Crippen molar-refractivity contribution < 1.29 is 18.3 Å². The van der Waals surface area contributed by atoms with Crippen LogP contribution in [0, 0.1) is 11.6 Å². The van der Waals surface area contributed by atoms with Crippen molar-refractivity contribution in [2.24, 2.45) is 0 Å². The lowest BCUT2D eigenvalue weighted by Gasteiger charge is -2.36. The van der Waals surface area contributed by atoms with Crippen molar-refractivity contribution >= 4 is 23.0 Å². The van der Waals surface area contributed by atoms with Crippen LogP contribution in [0.3, 0.4) is 0 Å². The Morgan fingerprint density at radius 2 is 1.82 bits per heavy atom. The number of ether oxygens (including phenoxy) is 2. The van der Waals surface area contributed by atoms with Crippen LogP contribution in [-0.2, 0) is 0 Å². The average Bonchev–Trinajstić information content (AvgIpc) is 2.89. The lowest BCUT2D eigenvalue weighted by atomic mass is 10.1. The summed E-state index contributed by atoms with van der Waals surface area (Å²) in [5.41, 5.74) is 3.27. The van der Waals surface area contributed by atoms with Crippen LogP contribution in [0.25, 0.3) is 11.3 Å². The van der Waals surface area contributed by atoms with Crippen LogP contribution >= 0.6 is 0 Å². The first-order valence-electron chi connectivity index (χ1n) is 12.6. The van der Waals surface area contributed by atoms with E-state index in [1.165, 1.54) is 25.4 Å². The Hall–Kier alpha value is -3.92. The molecule has 0 radical (unpaired) electrons. The maximum absolute atomic E-state index is 15.2. The molecule has 1 aromatic heterocycles. The quantitative estimate of drug-likeness (QED) is 0.483. The number of methoxy groups -OCH3 is 1. The number of piperazine rings is 1. The van der Waals surface area contributed by atoms with Gasteiger partial charge in [-0.15, -0.1) is 0 Å². The number of hydrogen-bond donors (Lipinski definition) is 1. The fraction of sp³-hybridized carbons (Fsp3) is 0.357. The number of benzene rings is 2. The van der Waals surface area contributed by atoms with Crippen LogP contribution in [0.15, 0.2) is 48.8 Å². The maximum Gasteiger partial charge on any atom is 0.227 e. The van der Waals surface area contributed by atoms with Crippen LogP contribution < -0.4 is 24.6 Å². The molecule has 0 amide bonds. The van der Waals surface area contributed by atoms with Gasteiger partial charge in [-0.1, -0.05) is 6.58 Å². The lowest BCUT2D eigenvalue weighted by Crippen LogP contribution is -2.44. The normalized spacial score (nSPS) is 15.9. The molecule has 5 rings (SSSR count). The molecular weight excluding hydrogens is 490 g/mol. The second-order valence-corrected chi connectivity index (χ2v) is 9.82. The number of nitrogens with one attached hydrogen (secondary N) is 1. The number of aromatic nitrogens is 2. The van der Waals surface area contributed by atoms with Gasteiger partial charge in [0.25, 0.3) is 0 Å². The lowest BCUT2D eigenvalue weighted by molar-refractivity contribution is 0.311. The van der Waals surface area contributed by atoms with Gasteiger partial charge >= 0.3 is 0 Å². The second kappa shape index (κ2) is 10.4. The van der Waals surface area contributed by atoms with Gasteiger partial charge in [-0.2, -0.15) is 0 Å². The average molecular weight is 523 g/mol. The Morgan fingerprint density at radius 1 is 1.05 bits per heavy atom. The molecule has 0 bridgehead atoms. The van der Waals surface area contributed by atoms with E-state index in [0.717, 1.165) is 31.9 Å². The van der Waals surface area contributed by atoms with Crippen molar-refractivity contribution in [2.45, 2.75) is 19.9 Å². The van der Waals surface area contributed by atoms with E-state index in [0.29, 0.717) is 34.1 Å². The van der Waals surface area contributed by atoms with Gasteiger partial charge in [-0.05, 0) is 51.2 Å². The summed E-state index contributed by atoms with van der Waals surface area (Å²) < 4.78 is 41.3. The summed E-state index contributed by atoms with van der Waals surface area (Å²) >= 11 is 0. The third-order valence-electron chi connectivity index (χ3n) is 6.82. The number of rotatable bonds is 6. The van der Waals surface area contributed by atoms with E-state index in [1.54, 1.807) is 12.1 Å². The molecule has 10 heteroatoms. The Labute approximate surface area is 221 Å². The number of nitrogens with zero attached hydrogens (tertiary/aromatic N) is 5. The van der Waals surface area contributed by atoms with Crippen molar-refractivity contribution in [3.63, 3.8) is 0 Å². The van der Waals surface area contributed by atoms with Gasteiger partial charge in [0, 0.05) is 49.2 Å². The molecule has 2 aliphatic rings. The monoisotopic (exact) mass is 522 g/mol. The Kier molecular flexibility index (Phi) is 7.07. The first-order valence-corrected chi connectivity index (χ1v) is 12.6. The zero-order valence-electron chi connectivity index (χ0n) is 22.1. The molecule has 38 heavy (non-hydrogen) atoms. The standard InChI is InChI=1S/C28H32F2N6O2/c1-17(2)36-18(3)16-38-27-22(30)12-19(13-24(27)36)26-25(37-5)15-31-28(33-26)32-20-6-7-23(21(29)14-20)35-10-8-34(4)9-11-35/h6-7,12-15,17H,3,8-11,16H2,1-2,4-5H3,(H,31,32,33). The largest absolute Gasteiger partial charge is 0.493 e. The molecule has 2 aliphatic heterocycles. The molecule has 3 heterocycles. The minimum absolute atomic E-state index is 0.0491. The molecule has 2 aromatic carbocycles. The fourth-order valence-electron chi connectivity index (χ4n) is 4.88. The van der Waals surface area contributed by atoms with Crippen molar-refractivity contribution in [1.29, 1.82) is 0 Å². The maximum atomic E-state index is 15.2. The molecule has 0 unspecified atom stereocenters. The number of likely N-dealkylation sites (N-methyl/N-ethyl adjacent to an activating group) is 1. The minimum atomic E-state index is -0.507. The summed E-state index contributed by atoms with van der Waals surface area (Å²) in [5, 5.41) is 3.07. The van der Waals surface area contributed by atoms with Crippen LogP contribution in [0.4, 0.5) is 31.8 Å². The van der Waals surface area contributed by atoms with E-state index in [2.05, 4.69) is 33.8 Å². The zero-order valence-corrected chi connectivity index (χ0v) is 22.1. The van der Waals surface area contributed by atoms with Gasteiger partial charge in [-0.25, -0.2) is 18.7 Å². The number of anilines is 4. The van der Waals surface area contributed by atoms with Crippen LogP contribution in [-0.4, -0.2) is 67.9 Å².